The Morgan fingerprint density at radius 2 is 1.51 bits per heavy atom. The molecule has 222 valence electrons. The summed E-state index contributed by atoms with van der Waals surface area (Å²) in [6.07, 6.45) is -9.32. The van der Waals surface area contributed by atoms with Crippen LogP contribution < -0.4 is 10.2 Å². The number of para-hydroxylation sites is 1. The van der Waals surface area contributed by atoms with Crippen molar-refractivity contribution in [3.8, 4) is 0 Å². The number of hydrogen-bond donors (Lipinski definition) is 1. The van der Waals surface area contributed by atoms with Crippen LogP contribution >= 0.6 is 0 Å². The van der Waals surface area contributed by atoms with E-state index in [1.807, 2.05) is 18.7 Å². The fourth-order valence-corrected chi connectivity index (χ4v) is 5.26. The van der Waals surface area contributed by atoms with Gasteiger partial charge < -0.3 is 20.0 Å². The van der Waals surface area contributed by atoms with Gasteiger partial charge >= 0.3 is 12.4 Å². The number of piperidine rings is 1. The number of halogens is 6. The molecule has 1 atom stereocenters. The van der Waals surface area contributed by atoms with Gasteiger partial charge in [0.1, 0.15) is 12.1 Å². The van der Waals surface area contributed by atoms with Gasteiger partial charge in [0.25, 0.3) is 11.8 Å². The van der Waals surface area contributed by atoms with Crippen molar-refractivity contribution in [2.45, 2.75) is 57.0 Å². The zero-order valence-corrected chi connectivity index (χ0v) is 22.5. The lowest BCUT2D eigenvalue weighted by Crippen LogP contribution is -2.57. The van der Waals surface area contributed by atoms with Crippen LogP contribution in [0.3, 0.4) is 0 Å². The molecule has 7 nitrogen and oxygen atoms in total. The van der Waals surface area contributed by atoms with E-state index in [4.69, 9.17) is 0 Å². The van der Waals surface area contributed by atoms with Gasteiger partial charge in [0.15, 0.2) is 0 Å². The molecule has 0 saturated carbocycles. The molecule has 1 unspecified atom stereocenters. The highest BCUT2D eigenvalue weighted by Crippen LogP contribution is 2.41. The Balaban J connectivity index is 1.58. The third-order valence-corrected chi connectivity index (χ3v) is 7.65. The third-order valence-electron chi connectivity index (χ3n) is 7.65. The number of alkyl halides is 6. The third kappa shape index (κ3) is 6.28. The number of benzene rings is 2. The van der Waals surface area contributed by atoms with E-state index in [0.717, 1.165) is 4.90 Å². The van der Waals surface area contributed by atoms with E-state index in [1.54, 1.807) is 30.3 Å². The number of rotatable bonds is 6. The maximum Gasteiger partial charge on any atom is 0.416 e. The minimum Gasteiger partial charge on any atom is -0.352 e. The van der Waals surface area contributed by atoms with Gasteiger partial charge in [-0.3, -0.25) is 14.4 Å². The highest BCUT2D eigenvalue weighted by Gasteiger charge is 2.54. The molecule has 2 heterocycles. The van der Waals surface area contributed by atoms with E-state index < -0.39 is 40.5 Å². The molecule has 2 fully saturated rings. The van der Waals surface area contributed by atoms with Gasteiger partial charge in [-0.25, -0.2) is 0 Å². The minimum atomic E-state index is -5.08. The number of carbonyl (C=O) groups is 3. The summed E-state index contributed by atoms with van der Waals surface area (Å²) in [5.41, 5.74) is -4.31. The number of nitrogens with one attached hydrogen (secondary N) is 1. The van der Waals surface area contributed by atoms with E-state index in [-0.39, 0.29) is 63.1 Å². The number of amides is 3. The molecule has 4 rings (SSSR count). The molecule has 2 aliphatic heterocycles. The lowest BCUT2D eigenvalue weighted by atomic mass is 9.85. The monoisotopic (exact) mass is 584 g/mol. The molecule has 0 aliphatic carbocycles. The number of carbonyl (C=O) groups excluding carboxylic acids is 3. The van der Waals surface area contributed by atoms with E-state index >= 15 is 0 Å². The average molecular weight is 585 g/mol. The summed E-state index contributed by atoms with van der Waals surface area (Å²) in [5, 5.41) is 2.83. The summed E-state index contributed by atoms with van der Waals surface area (Å²) in [4.78, 5) is 43.9. The number of anilines is 1. The highest BCUT2D eigenvalue weighted by atomic mass is 19.4. The van der Waals surface area contributed by atoms with Crippen LogP contribution in [-0.2, 0) is 21.9 Å². The van der Waals surface area contributed by atoms with Crippen molar-refractivity contribution in [3.63, 3.8) is 0 Å². The van der Waals surface area contributed by atoms with Crippen LogP contribution in [0.15, 0.2) is 48.5 Å². The maximum atomic E-state index is 13.8. The van der Waals surface area contributed by atoms with Crippen molar-refractivity contribution in [2.24, 2.45) is 0 Å². The molecule has 1 spiro atoms. The number of nitrogens with zero attached hydrogens (tertiary/aromatic N) is 3. The second-order valence-electron chi connectivity index (χ2n) is 10.4. The largest absolute Gasteiger partial charge is 0.416 e. The van der Waals surface area contributed by atoms with Crippen molar-refractivity contribution < 1.29 is 40.7 Å². The average Bonchev–Trinajstić information content (AvgIpc) is 3.18. The summed E-state index contributed by atoms with van der Waals surface area (Å²) < 4.78 is 80.0. The van der Waals surface area contributed by atoms with Crippen LogP contribution in [0.25, 0.3) is 0 Å². The SMILES string of the molecule is CCC(C)NC(=O)CN1CN(c2ccccc2)C2(CCN(C(=O)c3cc(C(F)(F)F)cc(C(F)(F)F)c3)CC2)C1=O. The summed E-state index contributed by atoms with van der Waals surface area (Å²) in [5.74, 6) is -1.64. The molecule has 2 aliphatic rings. The topological polar surface area (TPSA) is 73.0 Å². The first-order valence-corrected chi connectivity index (χ1v) is 13.2. The van der Waals surface area contributed by atoms with Gasteiger partial charge in [0, 0.05) is 30.4 Å². The molecule has 0 bridgehead atoms. The highest BCUT2D eigenvalue weighted by molar-refractivity contribution is 5.98. The Morgan fingerprint density at radius 3 is 2.02 bits per heavy atom. The molecule has 2 saturated heterocycles. The molecule has 1 N–H and O–H groups in total. The number of likely N-dealkylation sites (tertiary alicyclic amines) is 1. The second-order valence-corrected chi connectivity index (χ2v) is 10.4. The van der Waals surface area contributed by atoms with Crippen LogP contribution in [0.2, 0.25) is 0 Å². The zero-order chi connectivity index (χ0) is 30.2. The second kappa shape index (κ2) is 11.2. The lowest BCUT2D eigenvalue weighted by molar-refractivity contribution is -0.143. The molecular weight excluding hydrogens is 554 g/mol. The Kier molecular flexibility index (Phi) is 8.28. The smallest absolute Gasteiger partial charge is 0.352 e. The Labute approximate surface area is 233 Å². The predicted molar refractivity (Wildman–Crippen MR) is 138 cm³/mol. The quantitative estimate of drug-likeness (QED) is 0.490. The van der Waals surface area contributed by atoms with Crippen molar-refractivity contribution in [3.05, 3.63) is 65.2 Å². The molecule has 41 heavy (non-hydrogen) atoms. The normalized spacial score (nSPS) is 18.1. The first kappa shape index (κ1) is 30.2. The zero-order valence-electron chi connectivity index (χ0n) is 22.5. The summed E-state index contributed by atoms with van der Waals surface area (Å²) >= 11 is 0. The maximum absolute atomic E-state index is 13.8. The summed E-state index contributed by atoms with van der Waals surface area (Å²) in [6.45, 7) is 3.51. The van der Waals surface area contributed by atoms with Crippen molar-refractivity contribution >= 4 is 23.4 Å². The van der Waals surface area contributed by atoms with Gasteiger partial charge in [0.05, 0.1) is 17.8 Å². The standard InChI is InChI=1S/C28H30F6N4O3/c1-3-18(2)35-23(39)16-37-17-38(22-7-5-4-6-8-22)26(25(37)41)9-11-36(12-10-26)24(40)19-13-20(27(29,30)31)15-21(14-19)28(32,33)34/h4-8,13-15,18H,3,9-12,16-17H2,1-2H3,(H,35,39). The van der Waals surface area contributed by atoms with E-state index in [2.05, 4.69) is 5.32 Å². The van der Waals surface area contributed by atoms with Crippen molar-refractivity contribution in [2.75, 3.05) is 31.2 Å². The summed E-state index contributed by atoms with van der Waals surface area (Å²) in [7, 11) is 0. The molecule has 3 amide bonds. The fraction of sp³-hybridized carbons (Fsp3) is 0.464. The van der Waals surface area contributed by atoms with Gasteiger partial charge in [-0.05, 0) is 56.5 Å². The molecule has 13 heteroatoms. The first-order valence-electron chi connectivity index (χ1n) is 13.2. The van der Waals surface area contributed by atoms with Gasteiger partial charge in [-0.15, -0.1) is 0 Å². The molecule has 2 aromatic rings. The first-order chi connectivity index (χ1) is 19.2. The lowest BCUT2D eigenvalue weighted by Gasteiger charge is -2.43. The van der Waals surface area contributed by atoms with Crippen LogP contribution in [0.4, 0.5) is 32.0 Å². The Morgan fingerprint density at radius 1 is 0.951 bits per heavy atom. The van der Waals surface area contributed by atoms with Gasteiger partial charge in [0.2, 0.25) is 5.91 Å². The Hall–Kier alpha value is -3.77. The van der Waals surface area contributed by atoms with Gasteiger partial charge in [-0.1, -0.05) is 25.1 Å². The number of hydrogen-bond acceptors (Lipinski definition) is 4. The summed E-state index contributed by atoms with van der Waals surface area (Å²) in [6, 6.07) is 9.70. The van der Waals surface area contributed by atoms with Crippen LogP contribution in [0.5, 0.6) is 0 Å². The van der Waals surface area contributed by atoms with Crippen LogP contribution in [0, 0.1) is 0 Å². The molecule has 0 radical (unpaired) electrons. The van der Waals surface area contributed by atoms with Crippen molar-refractivity contribution in [1.82, 2.24) is 15.1 Å². The van der Waals surface area contributed by atoms with E-state index in [0.29, 0.717) is 24.2 Å². The van der Waals surface area contributed by atoms with Gasteiger partial charge in [-0.2, -0.15) is 26.3 Å². The minimum absolute atomic E-state index is 0.0249. The Bertz CT molecular complexity index is 1260. The molecular formula is C28H30F6N4O3. The van der Waals surface area contributed by atoms with Crippen LogP contribution in [0.1, 0.15) is 54.6 Å². The molecule has 2 aromatic carbocycles. The predicted octanol–water partition coefficient (Wildman–Crippen LogP) is 4.92. The fourth-order valence-electron chi connectivity index (χ4n) is 5.26. The van der Waals surface area contributed by atoms with E-state index in [1.165, 1.54) is 4.90 Å². The van der Waals surface area contributed by atoms with Crippen molar-refractivity contribution in [1.29, 1.82) is 0 Å². The molecule has 0 aromatic heterocycles. The van der Waals surface area contributed by atoms with E-state index in [9.17, 15) is 40.7 Å². The van der Waals surface area contributed by atoms with Crippen LogP contribution in [-0.4, -0.2) is 65.4 Å².